The van der Waals surface area contributed by atoms with Crippen molar-refractivity contribution in [1.29, 1.82) is 0 Å². The SMILES string of the molecule is CN(C)CCO/N=C1\c2cc(F)ccc2-n2c1nc1ncccc1c2=O. The number of pyridine rings is 1. The van der Waals surface area contributed by atoms with Crippen molar-refractivity contribution >= 4 is 16.7 Å². The van der Waals surface area contributed by atoms with E-state index in [4.69, 9.17) is 4.84 Å². The molecule has 7 nitrogen and oxygen atoms in total. The van der Waals surface area contributed by atoms with Gasteiger partial charge < -0.3 is 9.74 Å². The summed E-state index contributed by atoms with van der Waals surface area (Å²) in [6.45, 7) is 1.03. The molecule has 0 saturated heterocycles. The summed E-state index contributed by atoms with van der Waals surface area (Å²) in [7, 11) is 3.84. The number of likely N-dealkylation sites (N-methyl/N-ethyl adjacent to an activating group) is 1. The van der Waals surface area contributed by atoms with Gasteiger partial charge in [-0.15, -0.1) is 0 Å². The molecule has 0 fully saturated rings. The molecule has 0 atom stereocenters. The van der Waals surface area contributed by atoms with Crippen molar-refractivity contribution in [2.75, 3.05) is 27.2 Å². The molecule has 1 aliphatic rings. The van der Waals surface area contributed by atoms with Gasteiger partial charge in [-0.3, -0.25) is 9.36 Å². The number of fused-ring (bicyclic) bond motifs is 4. The Morgan fingerprint density at radius 2 is 2.15 bits per heavy atom. The van der Waals surface area contributed by atoms with E-state index in [0.717, 1.165) is 0 Å². The predicted octanol–water partition coefficient (Wildman–Crippen LogP) is 1.56. The highest BCUT2D eigenvalue weighted by atomic mass is 19.1. The molecule has 132 valence electrons. The van der Waals surface area contributed by atoms with Crippen molar-refractivity contribution in [2.45, 2.75) is 0 Å². The fourth-order valence-electron chi connectivity index (χ4n) is 2.84. The highest BCUT2D eigenvalue weighted by Crippen LogP contribution is 2.27. The van der Waals surface area contributed by atoms with Crippen LogP contribution >= 0.6 is 0 Å². The Morgan fingerprint density at radius 3 is 2.96 bits per heavy atom. The van der Waals surface area contributed by atoms with Crippen LogP contribution in [-0.2, 0) is 4.84 Å². The van der Waals surface area contributed by atoms with E-state index in [-0.39, 0.29) is 5.56 Å². The third-order valence-corrected chi connectivity index (χ3v) is 4.10. The van der Waals surface area contributed by atoms with Crippen LogP contribution in [0.2, 0.25) is 0 Å². The zero-order valence-corrected chi connectivity index (χ0v) is 14.3. The third-order valence-electron chi connectivity index (χ3n) is 4.10. The van der Waals surface area contributed by atoms with E-state index in [1.807, 2.05) is 19.0 Å². The number of nitrogens with zero attached hydrogens (tertiary/aromatic N) is 5. The summed E-state index contributed by atoms with van der Waals surface area (Å²) in [4.78, 5) is 28.9. The maximum absolute atomic E-state index is 13.8. The molecule has 0 saturated carbocycles. The van der Waals surface area contributed by atoms with Crippen molar-refractivity contribution in [2.24, 2.45) is 5.16 Å². The molecular weight excluding hydrogens is 337 g/mol. The van der Waals surface area contributed by atoms with Gasteiger partial charge in [-0.1, -0.05) is 5.16 Å². The molecule has 4 rings (SSSR count). The molecule has 0 radical (unpaired) electrons. The van der Waals surface area contributed by atoms with Crippen molar-refractivity contribution in [3.8, 4) is 5.69 Å². The second-order valence-corrected chi connectivity index (χ2v) is 6.19. The average molecular weight is 353 g/mol. The first kappa shape index (κ1) is 16.3. The fourth-order valence-corrected chi connectivity index (χ4v) is 2.84. The summed E-state index contributed by atoms with van der Waals surface area (Å²) in [6, 6.07) is 7.52. The van der Waals surface area contributed by atoms with Crippen LogP contribution in [0.5, 0.6) is 0 Å². The first-order valence-electron chi connectivity index (χ1n) is 8.09. The summed E-state index contributed by atoms with van der Waals surface area (Å²) in [5, 5.41) is 4.53. The summed E-state index contributed by atoms with van der Waals surface area (Å²) in [6.07, 6.45) is 1.57. The van der Waals surface area contributed by atoms with Gasteiger partial charge in [0.25, 0.3) is 5.56 Å². The Labute approximate surface area is 148 Å². The molecule has 0 bridgehead atoms. The van der Waals surface area contributed by atoms with E-state index >= 15 is 0 Å². The lowest BCUT2D eigenvalue weighted by Crippen LogP contribution is -2.22. The van der Waals surface area contributed by atoms with E-state index in [2.05, 4.69) is 15.1 Å². The highest BCUT2D eigenvalue weighted by molar-refractivity contribution is 6.16. The van der Waals surface area contributed by atoms with Crippen LogP contribution in [-0.4, -0.2) is 52.4 Å². The van der Waals surface area contributed by atoms with E-state index < -0.39 is 5.82 Å². The molecule has 3 aromatic rings. The van der Waals surface area contributed by atoms with Gasteiger partial charge in [0.15, 0.2) is 17.2 Å². The Hall–Kier alpha value is -3.13. The predicted molar refractivity (Wildman–Crippen MR) is 95.2 cm³/mol. The van der Waals surface area contributed by atoms with Crippen LogP contribution in [0.4, 0.5) is 4.39 Å². The summed E-state index contributed by atoms with van der Waals surface area (Å²) in [5.41, 5.74) is 1.36. The van der Waals surface area contributed by atoms with Gasteiger partial charge in [0, 0.05) is 18.3 Å². The van der Waals surface area contributed by atoms with Gasteiger partial charge in [-0.05, 0) is 44.4 Å². The number of benzene rings is 1. The Kier molecular flexibility index (Phi) is 3.96. The van der Waals surface area contributed by atoms with Crippen LogP contribution in [0.3, 0.4) is 0 Å². The molecule has 0 unspecified atom stereocenters. The van der Waals surface area contributed by atoms with Gasteiger partial charge in [0.05, 0.1) is 11.1 Å². The monoisotopic (exact) mass is 353 g/mol. The number of halogens is 1. The normalized spacial score (nSPS) is 14.1. The first-order chi connectivity index (χ1) is 12.6. The Morgan fingerprint density at radius 1 is 1.31 bits per heavy atom. The molecule has 8 heteroatoms. The van der Waals surface area contributed by atoms with E-state index in [9.17, 15) is 9.18 Å². The molecule has 1 aromatic carbocycles. The molecule has 0 aliphatic carbocycles. The molecule has 0 N–H and O–H groups in total. The van der Waals surface area contributed by atoms with Crippen LogP contribution in [0.15, 0.2) is 46.5 Å². The minimum Gasteiger partial charge on any atom is -0.394 e. The summed E-state index contributed by atoms with van der Waals surface area (Å²) >= 11 is 0. The molecular formula is C18H16FN5O2. The van der Waals surface area contributed by atoms with Crippen molar-refractivity contribution in [3.05, 3.63) is 64.1 Å². The van der Waals surface area contributed by atoms with Crippen LogP contribution < -0.4 is 5.56 Å². The minimum atomic E-state index is -0.423. The van der Waals surface area contributed by atoms with Crippen molar-refractivity contribution < 1.29 is 9.23 Å². The largest absolute Gasteiger partial charge is 0.394 e. The number of aromatic nitrogens is 3. The van der Waals surface area contributed by atoms with Crippen molar-refractivity contribution in [3.63, 3.8) is 0 Å². The molecule has 1 aliphatic heterocycles. The van der Waals surface area contributed by atoms with E-state index in [1.54, 1.807) is 24.4 Å². The maximum atomic E-state index is 13.8. The quantitative estimate of drug-likeness (QED) is 0.411. The van der Waals surface area contributed by atoms with Gasteiger partial charge >= 0.3 is 0 Å². The van der Waals surface area contributed by atoms with E-state index in [0.29, 0.717) is 47.0 Å². The molecule has 2 aromatic heterocycles. The second kappa shape index (κ2) is 6.30. The topological polar surface area (TPSA) is 72.6 Å². The van der Waals surface area contributed by atoms with Crippen LogP contribution in [0, 0.1) is 5.82 Å². The summed E-state index contributed by atoms with van der Waals surface area (Å²) in [5.74, 6) is -0.125. The molecule has 0 amide bonds. The Balaban J connectivity index is 1.90. The standard InChI is InChI=1S/C18H16FN5O2/c1-23(2)8-9-26-22-15-13-10-11(19)5-6-14(13)24-17(15)21-16-12(18(24)25)4-3-7-20-16/h3-7,10H,8-9H2,1-2H3/b22-15+. The maximum Gasteiger partial charge on any atom is 0.267 e. The highest BCUT2D eigenvalue weighted by Gasteiger charge is 2.30. The third kappa shape index (κ3) is 2.64. The van der Waals surface area contributed by atoms with Gasteiger partial charge in [-0.2, -0.15) is 0 Å². The smallest absolute Gasteiger partial charge is 0.267 e. The number of oxime groups is 1. The van der Waals surface area contributed by atoms with Gasteiger partial charge in [-0.25, -0.2) is 14.4 Å². The lowest BCUT2D eigenvalue weighted by Gasteiger charge is -2.08. The van der Waals surface area contributed by atoms with Gasteiger partial charge in [0.2, 0.25) is 0 Å². The lowest BCUT2D eigenvalue weighted by atomic mass is 10.1. The molecule has 0 spiro atoms. The zero-order chi connectivity index (χ0) is 18.3. The number of hydrogen-bond acceptors (Lipinski definition) is 6. The second-order valence-electron chi connectivity index (χ2n) is 6.19. The lowest BCUT2D eigenvalue weighted by molar-refractivity contribution is 0.126. The molecule has 26 heavy (non-hydrogen) atoms. The van der Waals surface area contributed by atoms with Gasteiger partial charge in [0.1, 0.15) is 12.4 Å². The zero-order valence-electron chi connectivity index (χ0n) is 14.3. The Bertz CT molecular complexity index is 1090. The number of rotatable bonds is 4. The first-order valence-corrected chi connectivity index (χ1v) is 8.09. The molecule has 3 heterocycles. The van der Waals surface area contributed by atoms with E-state index in [1.165, 1.54) is 16.7 Å². The van der Waals surface area contributed by atoms with Crippen molar-refractivity contribution in [1.82, 2.24) is 19.4 Å². The van der Waals surface area contributed by atoms with Crippen LogP contribution in [0.25, 0.3) is 16.7 Å². The van der Waals surface area contributed by atoms with Crippen LogP contribution in [0.1, 0.15) is 11.4 Å². The summed E-state index contributed by atoms with van der Waals surface area (Å²) < 4.78 is 15.2. The fraction of sp³-hybridized carbons (Fsp3) is 0.222. The number of hydrogen-bond donors (Lipinski definition) is 0. The minimum absolute atomic E-state index is 0.274. The average Bonchev–Trinajstić information content (AvgIpc) is 2.92.